The van der Waals surface area contributed by atoms with Crippen LogP contribution in [0.5, 0.6) is 5.75 Å². The smallest absolute Gasteiger partial charge is 0.317 e. The second-order valence-corrected chi connectivity index (χ2v) is 8.11. The van der Waals surface area contributed by atoms with Crippen molar-refractivity contribution in [3.05, 3.63) is 53.6 Å². The van der Waals surface area contributed by atoms with Gasteiger partial charge in [-0.3, -0.25) is 4.79 Å². The van der Waals surface area contributed by atoms with Gasteiger partial charge in [-0.2, -0.15) is 0 Å². The molecule has 7 nitrogen and oxygen atoms in total. The van der Waals surface area contributed by atoms with Gasteiger partial charge < -0.3 is 24.8 Å². The van der Waals surface area contributed by atoms with Crippen molar-refractivity contribution in [2.24, 2.45) is 0 Å². The van der Waals surface area contributed by atoms with Crippen LogP contribution in [0.25, 0.3) is 0 Å². The van der Waals surface area contributed by atoms with Crippen molar-refractivity contribution in [1.82, 2.24) is 10.2 Å². The molecule has 3 amide bonds. The van der Waals surface area contributed by atoms with E-state index in [0.29, 0.717) is 32.7 Å². The van der Waals surface area contributed by atoms with Crippen molar-refractivity contribution < 1.29 is 14.3 Å². The Kier molecular flexibility index (Phi) is 6.51. The Bertz CT molecular complexity index is 929. The zero-order valence-corrected chi connectivity index (χ0v) is 18.3. The van der Waals surface area contributed by atoms with Crippen molar-refractivity contribution in [2.45, 2.75) is 19.4 Å². The molecule has 0 radical (unpaired) electrons. The van der Waals surface area contributed by atoms with E-state index in [1.54, 1.807) is 9.80 Å². The molecule has 0 bridgehead atoms. The molecule has 164 valence electrons. The topological polar surface area (TPSA) is 65.1 Å². The van der Waals surface area contributed by atoms with E-state index in [1.807, 2.05) is 55.5 Å². The molecule has 2 aromatic rings. The SMILES string of the molecule is CCOc1ccc(N2CC(NC(=O)N3CCN(c4ccccc4Cl)CC3)CC2=O)cc1. The summed E-state index contributed by atoms with van der Waals surface area (Å²) in [7, 11) is 0. The van der Waals surface area contributed by atoms with E-state index in [0.717, 1.165) is 35.2 Å². The number of anilines is 2. The predicted molar refractivity (Wildman–Crippen MR) is 122 cm³/mol. The summed E-state index contributed by atoms with van der Waals surface area (Å²) in [5.74, 6) is 0.789. The van der Waals surface area contributed by atoms with Crippen LogP contribution in [0.2, 0.25) is 5.02 Å². The molecule has 2 aliphatic heterocycles. The number of ether oxygens (including phenoxy) is 1. The third-order valence-electron chi connectivity index (χ3n) is 5.67. The van der Waals surface area contributed by atoms with Crippen LogP contribution < -0.4 is 19.9 Å². The summed E-state index contributed by atoms with van der Waals surface area (Å²) in [5, 5.41) is 3.75. The van der Waals surface area contributed by atoms with Gasteiger partial charge >= 0.3 is 6.03 Å². The first-order valence-corrected chi connectivity index (χ1v) is 11.0. The molecular weight excluding hydrogens is 416 g/mol. The lowest BCUT2D eigenvalue weighted by atomic mass is 10.2. The highest BCUT2D eigenvalue weighted by Crippen LogP contribution is 2.27. The first kappa shape index (κ1) is 21.3. The van der Waals surface area contributed by atoms with Gasteiger partial charge in [-0.05, 0) is 43.3 Å². The van der Waals surface area contributed by atoms with Crippen LogP contribution in [-0.4, -0.2) is 62.2 Å². The highest BCUT2D eigenvalue weighted by molar-refractivity contribution is 6.33. The number of nitrogens with zero attached hydrogens (tertiary/aromatic N) is 3. The minimum atomic E-state index is -0.201. The predicted octanol–water partition coefficient (Wildman–Crippen LogP) is 3.38. The number of amides is 3. The molecule has 2 aliphatic rings. The van der Waals surface area contributed by atoms with E-state index in [9.17, 15) is 9.59 Å². The van der Waals surface area contributed by atoms with Gasteiger partial charge in [0.15, 0.2) is 0 Å². The van der Waals surface area contributed by atoms with E-state index in [4.69, 9.17) is 16.3 Å². The number of hydrogen-bond acceptors (Lipinski definition) is 4. The quantitative estimate of drug-likeness (QED) is 0.771. The number of halogens is 1. The summed E-state index contributed by atoms with van der Waals surface area (Å²) in [4.78, 5) is 31.0. The molecule has 2 saturated heterocycles. The van der Waals surface area contributed by atoms with Gasteiger partial charge in [0.1, 0.15) is 5.75 Å². The second kappa shape index (κ2) is 9.47. The summed E-state index contributed by atoms with van der Waals surface area (Å²) < 4.78 is 5.46. The second-order valence-electron chi connectivity index (χ2n) is 7.71. The molecule has 1 N–H and O–H groups in total. The number of piperazine rings is 1. The molecule has 0 aromatic heterocycles. The molecule has 1 unspecified atom stereocenters. The zero-order chi connectivity index (χ0) is 21.8. The van der Waals surface area contributed by atoms with E-state index >= 15 is 0 Å². The molecule has 2 fully saturated rings. The molecule has 1 atom stereocenters. The Morgan fingerprint density at radius 3 is 2.48 bits per heavy atom. The number of benzene rings is 2. The van der Waals surface area contributed by atoms with Crippen molar-refractivity contribution in [2.75, 3.05) is 49.1 Å². The zero-order valence-electron chi connectivity index (χ0n) is 17.6. The Hall–Kier alpha value is -2.93. The summed E-state index contributed by atoms with van der Waals surface area (Å²) in [5.41, 5.74) is 1.81. The monoisotopic (exact) mass is 442 g/mol. The fourth-order valence-electron chi connectivity index (χ4n) is 4.07. The number of rotatable bonds is 5. The molecule has 8 heteroatoms. The van der Waals surface area contributed by atoms with Gasteiger partial charge in [-0.25, -0.2) is 4.79 Å². The van der Waals surface area contributed by atoms with Crippen LogP contribution in [0.4, 0.5) is 16.2 Å². The summed E-state index contributed by atoms with van der Waals surface area (Å²) in [6, 6.07) is 14.9. The maximum absolute atomic E-state index is 12.8. The van der Waals surface area contributed by atoms with Gasteiger partial charge in [-0.15, -0.1) is 0 Å². The van der Waals surface area contributed by atoms with Crippen LogP contribution in [0.3, 0.4) is 0 Å². The average Bonchev–Trinajstić information content (AvgIpc) is 3.15. The Morgan fingerprint density at radius 2 is 1.81 bits per heavy atom. The summed E-state index contributed by atoms with van der Waals surface area (Å²) in [6.07, 6.45) is 0.304. The van der Waals surface area contributed by atoms with Gasteiger partial charge in [0.2, 0.25) is 5.91 Å². The molecule has 4 rings (SSSR count). The minimum Gasteiger partial charge on any atom is -0.494 e. The van der Waals surface area contributed by atoms with E-state index in [2.05, 4.69) is 10.2 Å². The van der Waals surface area contributed by atoms with Gasteiger partial charge in [0, 0.05) is 44.8 Å². The van der Waals surface area contributed by atoms with E-state index < -0.39 is 0 Å². The molecule has 2 aromatic carbocycles. The molecule has 0 aliphatic carbocycles. The lowest BCUT2D eigenvalue weighted by Gasteiger charge is -2.36. The molecule has 31 heavy (non-hydrogen) atoms. The van der Waals surface area contributed by atoms with Gasteiger partial charge in [-0.1, -0.05) is 23.7 Å². The van der Waals surface area contributed by atoms with Gasteiger partial charge in [0.25, 0.3) is 0 Å². The number of carbonyl (C=O) groups is 2. The maximum Gasteiger partial charge on any atom is 0.317 e. The molecule has 0 spiro atoms. The van der Waals surface area contributed by atoms with Crippen LogP contribution in [0, 0.1) is 0 Å². The fraction of sp³-hybridized carbons (Fsp3) is 0.391. The number of nitrogens with one attached hydrogen (secondary N) is 1. The third-order valence-corrected chi connectivity index (χ3v) is 5.99. The first-order chi connectivity index (χ1) is 15.0. The standard InChI is InChI=1S/C23H27ClN4O3/c1-2-31-19-9-7-18(8-10-19)28-16-17(15-22(28)29)25-23(30)27-13-11-26(12-14-27)21-6-4-3-5-20(21)24/h3-10,17H,2,11-16H2,1H3,(H,25,30). The fourth-order valence-corrected chi connectivity index (χ4v) is 4.32. The number of hydrogen-bond donors (Lipinski definition) is 1. The van der Waals surface area contributed by atoms with E-state index in [-0.39, 0.29) is 18.0 Å². The van der Waals surface area contributed by atoms with Crippen LogP contribution in [0.15, 0.2) is 48.5 Å². The van der Waals surface area contributed by atoms with Crippen LogP contribution >= 0.6 is 11.6 Å². The van der Waals surface area contributed by atoms with Crippen molar-refractivity contribution in [3.8, 4) is 5.75 Å². The maximum atomic E-state index is 12.8. The highest BCUT2D eigenvalue weighted by atomic mass is 35.5. The summed E-state index contributed by atoms with van der Waals surface area (Å²) in [6.45, 7) is 5.67. The minimum absolute atomic E-state index is 0.0120. The highest BCUT2D eigenvalue weighted by Gasteiger charge is 2.33. The number of carbonyl (C=O) groups excluding carboxylic acids is 2. The van der Waals surface area contributed by atoms with Crippen LogP contribution in [-0.2, 0) is 4.79 Å². The van der Waals surface area contributed by atoms with Crippen molar-refractivity contribution in [3.63, 3.8) is 0 Å². The Balaban J connectivity index is 1.29. The van der Waals surface area contributed by atoms with Crippen LogP contribution in [0.1, 0.15) is 13.3 Å². The van der Waals surface area contributed by atoms with E-state index in [1.165, 1.54) is 0 Å². The lowest BCUT2D eigenvalue weighted by Crippen LogP contribution is -2.54. The molecule has 2 heterocycles. The van der Waals surface area contributed by atoms with Crippen molar-refractivity contribution >= 4 is 34.9 Å². The molecule has 0 saturated carbocycles. The Morgan fingerprint density at radius 1 is 1.10 bits per heavy atom. The summed E-state index contributed by atoms with van der Waals surface area (Å²) >= 11 is 6.29. The number of urea groups is 1. The third kappa shape index (κ3) is 4.88. The van der Waals surface area contributed by atoms with Crippen molar-refractivity contribution in [1.29, 1.82) is 0 Å². The normalized spacial score (nSPS) is 19.0. The number of para-hydroxylation sites is 1. The average molecular weight is 443 g/mol. The molecular formula is C23H27ClN4O3. The lowest BCUT2D eigenvalue weighted by molar-refractivity contribution is -0.117. The first-order valence-electron chi connectivity index (χ1n) is 10.6. The van der Waals surface area contributed by atoms with Gasteiger partial charge in [0.05, 0.1) is 23.4 Å². The Labute approximate surface area is 187 Å². The largest absolute Gasteiger partial charge is 0.494 e.